The molecule has 2 atom stereocenters. The van der Waals surface area contributed by atoms with Crippen LogP contribution in [0, 0.1) is 11.3 Å². The number of aliphatic carboxylic acids is 1. The zero-order chi connectivity index (χ0) is 15.9. The molecule has 2 heterocycles. The SMILES string of the molecule is CC1=C(C(=O)O)N2C(=O)[C@@H](CNC(=O)C(C)(C)C)[C@H]2SC1. The minimum absolute atomic E-state index is 0.0992. The van der Waals surface area contributed by atoms with Gasteiger partial charge in [-0.25, -0.2) is 4.79 Å². The minimum Gasteiger partial charge on any atom is -0.477 e. The van der Waals surface area contributed by atoms with E-state index in [4.69, 9.17) is 0 Å². The number of rotatable bonds is 3. The van der Waals surface area contributed by atoms with Crippen molar-refractivity contribution in [2.45, 2.75) is 33.1 Å². The number of amides is 2. The number of carboxylic acid groups (broad SMARTS) is 1. The summed E-state index contributed by atoms with van der Waals surface area (Å²) in [5, 5.41) is 11.8. The van der Waals surface area contributed by atoms with Crippen molar-refractivity contribution < 1.29 is 19.5 Å². The highest BCUT2D eigenvalue weighted by molar-refractivity contribution is 8.00. The Bertz CT molecular complexity index is 536. The maximum Gasteiger partial charge on any atom is 0.352 e. The van der Waals surface area contributed by atoms with Crippen LogP contribution in [0.25, 0.3) is 0 Å². The maximum absolute atomic E-state index is 12.2. The van der Waals surface area contributed by atoms with Crippen molar-refractivity contribution in [3.63, 3.8) is 0 Å². The van der Waals surface area contributed by atoms with Gasteiger partial charge in [0.1, 0.15) is 5.70 Å². The van der Waals surface area contributed by atoms with Crippen LogP contribution in [0.2, 0.25) is 0 Å². The second kappa shape index (κ2) is 5.36. The van der Waals surface area contributed by atoms with Crippen LogP contribution >= 0.6 is 11.8 Å². The van der Waals surface area contributed by atoms with E-state index in [1.165, 1.54) is 4.90 Å². The Kier molecular flexibility index (Phi) is 4.06. The summed E-state index contributed by atoms with van der Waals surface area (Å²) in [6, 6.07) is 0. The van der Waals surface area contributed by atoms with Crippen LogP contribution in [-0.2, 0) is 14.4 Å². The smallest absolute Gasteiger partial charge is 0.352 e. The average molecular weight is 312 g/mol. The second-order valence-electron chi connectivity index (χ2n) is 6.41. The molecule has 1 saturated heterocycles. The van der Waals surface area contributed by atoms with Crippen molar-refractivity contribution >= 4 is 29.5 Å². The number of nitrogens with zero attached hydrogens (tertiary/aromatic N) is 1. The van der Waals surface area contributed by atoms with Crippen LogP contribution in [-0.4, -0.2) is 45.5 Å². The van der Waals surface area contributed by atoms with E-state index in [1.807, 2.05) is 0 Å². The van der Waals surface area contributed by atoms with Gasteiger partial charge in [0, 0.05) is 17.7 Å². The molecule has 2 amide bonds. The first-order valence-electron chi connectivity index (χ1n) is 6.80. The number of carboxylic acids is 1. The summed E-state index contributed by atoms with van der Waals surface area (Å²) in [6.45, 7) is 7.41. The molecule has 116 valence electrons. The van der Waals surface area contributed by atoms with E-state index >= 15 is 0 Å². The molecule has 0 spiro atoms. The predicted octanol–water partition coefficient (Wildman–Crippen LogP) is 1.04. The minimum atomic E-state index is -1.07. The van der Waals surface area contributed by atoms with Gasteiger partial charge in [-0.1, -0.05) is 20.8 Å². The summed E-state index contributed by atoms with van der Waals surface area (Å²) in [5.41, 5.74) is 0.297. The third-order valence-corrected chi connectivity index (χ3v) is 5.12. The monoisotopic (exact) mass is 312 g/mol. The predicted molar refractivity (Wildman–Crippen MR) is 79.4 cm³/mol. The quantitative estimate of drug-likeness (QED) is 0.760. The van der Waals surface area contributed by atoms with E-state index in [9.17, 15) is 19.5 Å². The van der Waals surface area contributed by atoms with Crippen LogP contribution in [0.5, 0.6) is 0 Å². The van der Waals surface area contributed by atoms with Gasteiger partial charge in [0.15, 0.2) is 0 Å². The summed E-state index contributed by atoms with van der Waals surface area (Å²) in [6.07, 6.45) is 0. The van der Waals surface area contributed by atoms with Crippen molar-refractivity contribution in [1.82, 2.24) is 10.2 Å². The number of fused-ring (bicyclic) bond motifs is 1. The van der Waals surface area contributed by atoms with Crippen LogP contribution in [0.3, 0.4) is 0 Å². The lowest BCUT2D eigenvalue weighted by atomic mass is 9.93. The van der Waals surface area contributed by atoms with Crippen LogP contribution in [0.4, 0.5) is 0 Å². The average Bonchev–Trinajstić information content (AvgIpc) is 2.37. The van der Waals surface area contributed by atoms with Gasteiger partial charge in [-0.05, 0) is 12.5 Å². The number of nitrogens with one attached hydrogen (secondary N) is 1. The van der Waals surface area contributed by atoms with E-state index in [1.54, 1.807) is 39.5 Å². The van der Waals surface area contributed by atoms with Gasteiger partial charge in [-0.15, -0.1) is 11.8 Å². The fourth-order valence-electron chi connectivity index (χ4n) is 2.38. The normalized spacial score (nSPS) is 25.3. The largest absolute Gasteiger partial charge is 0.477 e. The van der Waals surface area contributed by atoms with Gasteiger partial charge in [0.2, 0.25) is 11.8 Å². The molecule has 2 N–H and O–H groups in total. The van der Waals surface area contributed by atoms with Gasteiger partial charge in [0.25, 0.3) is 0 Å². The van der Waals surface area contributed by atoms with Gasteiger partial charge in [-0.3, -0.25) is 14.5 Å². The number of hydrogen-bond acceptors (Lipinski definition) is 4. The second-order valence-corrected chi connectivity index (χ2v) is 7.52. The van der Waals surface area contributed by atoms with Crippen molar-refractivity contribution in [1.29, 1.82) is 0 Å². The number of β-lactam (4-membered cyclic amide) rings is 1. The molecular formula is C14H20N2O4S. The van der Waals surface area contributed by atoms with Crippen LogP contribution in [0.1, 0.15) is 27.7 Å². The molecule has 2 aliphatic heterocycles. The fourth-order valence-corrected chi connectivity index (χ4v) is 3.74. The molecule has 2 rings (SSSR count). The third kappa shape index (κ3) is 2.79. The summed E-state index contributed by atoms with van der Waals surface area (Å²) in [7, 11) is 0. The van der Waals surface area contributed by atoms with E-state index in [-0.39, 0.29) is 35.3 Å². The summed E-state index contributed by atoms with van der Waals surface area (Å²) in [5.74, 6) is -1.15. The molecule has 0 bridgehead atoms. The number of carbonyl (C=O) groups is 3. The zero-order valence-electron chi connectivity index (χ0n) is 12.6. The molecule has 0 aliphatic carbocycles. The first-order valence-corrected chi connectivity index (χ1v) is 7.85. The van der Waals surface area contributed by atoms with Crippen molar-refractivity contribution in [2.24, 2.45) is 11.3 Å². The molecule has 7 heteroatoms. The summed E-state index contributed by atoms with van der Waals surface area (Å²) < 4.78 is 0. The van der Waals surface area contributed by atoms with Gasteiger partial charge in [-0.2, -0.15) is 0 Å². The first-order chi connectivity index (χ1) is 9.64. The summed E-state index contributed by atoms with van der Waals surface area (Å²) in [4.78, 5) is 36.7. The lowest BCUT2D eigenvalue weighted by Crippen LogP contribution is -2.64. The molecule has 0 unspecified atom stereocenters. The van der Waals surface area contributed by atoms with E-state index in [0.717, 1.165) is 0 Å². The van der Waals surface area contributed by atoms with Crippen LogP contribution in [0.15, 0.2) is 11.3 Å². The van der Waals surface area contributed by atoms with Crippen LogP contribution < -0.4 is 5.32 Å². The Morgan fingerprint density at radius 3 is 2.57 bits per heavy atom. The molecule has 6 nitrogen and oxygen atoms in total. The number of carbonyl (C=O) groups excluding carboxylic acids is 2. The standard InChI is InChI=1S/C14H20N2O4S/c1-7-6-21-11-8(5-15-13(20)14(2,3)4)10(17)16(11)9(7)12(18)19/h8,11H,5-6H2,1-4H3,(H,15,20)(H,18,19)/t8-,11-/m1/s1. The molecular weight excluding hydrogens is 292 g/mol. The van der Waals surface area contributed by atoms with Crippen molar-refractivity contribution in [3.8, 4) is 0 Å². The highest BCUT2D eigenvalue weighted by Crippen LogP contribution is 2.43. The Hall–Kier alpha value is -1.50. The third-order valence-electron chi connectivity index (χ3n) is 3.64. The van der Waals surface area contributed by atoms with Gasteiger partial charge < -0.3 is 10.4 Å². The van der Waals surface area contributed by atoms with Gasteiger partial charge in [0.05, 0.1) is 11.3 Å². The van der Waals surface area contributed by atoms with E-state index in [0.29, 0.717) is 11.3 Å². The highest BCUT2D eigenvalue weighted by atomic mass is 32.2. The molecule has 1 fully saturated rings. The molecule has 0 aromatic carbocycles. The van der Waals surface area contributed by atoms with E-state index < -0.39 is 11.4 Å². The molecule has 0 aromatic rings. The molecule has 21 heavy (non-hydrogen) atoms. The number of hydrogen-bond donors (Lipinski definition) is 2. The Morgan fingerprint density at radius 1 is 1.43 bits per heavy atom. The molecule has 2 aliphatic rings. The van der Waals surface area contributed by atoms with Gasteiger partial charge >= 0.3 is 5.97 Å². The Labute approximate surface area is 127 Å². The lowest BCUT2D eigenvalue weighted by molar-refractivity contribution is -0.152. The lowest BCUT2D eigenvalue weighted by Gasteiger charge is -2.49. The Balaban J connectivity index is 2.04. The Morgan fingerprint density at radius 2 is 2.05 bits per heavy atom. The fraction of sp³-hybridized carbons (Fsp3) is 0.643. The molecule has 0 aromatic heterocycles. The summed E-state index contributed by atoms with van der Waals surface area (Å²) >= 11 is 1.55. The molecule has 0 saturated carbocycles. The molecule has 0 radical (unpaired) electrons. The maximum atomic E-state index is 12.2. The highest BCUT2D eigenvalue weighted by Gasteiger charge is 2.52. The first kappa shape index (κ1) is 15.9. The van der Waals surface area contributed by atoms with Crippen molar-refractivity contribution in [3.05, 3.63) is 11.3 Å². The van der Waals surface area contributed by atoms with Crippen molar-refractivity contribution in [2.75, 3.05) is 12.3 Å². The topological polar surface area (TPSA) is 86.7 Å². The number of thioether (sulfide) groups is 1. The van der Waals surface area contributed by atoms with E-state index in [2.05, 4.69) is 5.32 Å². The zero-order valence-corrected chi connectivity index (χ0v) is 13.4.